The first-order valence-electron chi connectivity index (χ1n) is 38.3. The molecule has 2 unspecified atom stereocenters. The number of carbonyl (C=O) groups is 4. The highest BCUT2D eigenvalue weighted by Crippen LogP contribution is 2.45. The van der Waals surface area contributed by atoms with Gasteiger partial charge in [-0.2, -0.15) is 0 Å². The average molecular weight is 1350 g/mol. The number of phosphoric acid groups is 2. The second-order valence-electron chi connectivity index (χ2n) is 26.3. The highest BCUT2D eigenvalue weighted by Gasteiger charge is 2.30. The van der Waals surface area contributed by atoms with Gasteiger partial charge >= 0.3 is 39.5 Å². The Morgan fingerprint density at radius 3 is 0.641 bits per heavy atom. The van der Waals surface area contributed by atoms with Crippen LogP contribution in [0.3, 0.4) is 0 Å². The van der Waals surface area contributed by atoms with Crippen molar-refractivity contribution in [1.29, 1.82) is 0 Å². The van der Waals surface area contributed by atoms with Crippen LogP contribution in [-0.2, 0) is 65.4 Å². The smallest absolute Gasteiger partial charge is 0.462 e. The van der Waals surface area contributed by atoms with Crippen LogP contribution in [0.5, 0.6) is 0 Å². The molecule has 0 heterocycles. The molecule has 0 aliphatic carbocycles. The van der Waals surface area contributed by atoms with E-state index in [0.29, 0.717) is 25.7 Å². The molecule has 0 aromatic rings. The summed E-state index contributed by atoms with van der Waals surface area (Å²) >= 11 is 0. The number of unbranched alkanes of at least 4 members (excludes halogenated alkanes) is 48. The predicted octanol–water partition coefficient (Wildman–Crippen LogP) is 21.4. The first-order chi connectivity index (χ1) is 44.7. The van der Waals surface area contributed by atoms with Crippen LogP contribution in [0.15, 0.2) is 0 Å². The van der Waals surface area contributed by atoms with Crippen LogP contribution in [-0.4, -0.2) is 96.7 Å². The van der Waals surface area contributed by atoms with Gasteiger partial charge in [0.25, 0.3) is 0 Å². The van der Waals surface area contributed by atoms with Gasteiger partial charge in [-0.3, -0.25) is 37.3 Å². The predicted molar refractivity (Wildman–Crippen MR) is 372 cm³/mol. The van der Waals surface area contributed by atoms with Crippen molar-refractivity contribution in [3.8, 4) is 0 Å². The summed E-state index contributed by atoms with van der Waals surface area (Å²) in [5.74, 6) is -2.12. The molecule has 19 heteroatoms. The second kappa shape index (κ2) is 67.6. The number of phosphoric ester groups is 2. The normalized spacial score (nSPS) is 13.9. The molecule has 5 atom stereocenters. The summed E-state index contributed by atoms with van der Waals surface area (Å²) < 4.78 is 68.3. The number of aliphatic hydroxyl groups excluding tert-OH is 1. The zero-order chi connectivity index (χ0) is 67.5. The molecule has 0 aromatic heterocycles. The minimum absolute atomic E-state index is 0.108. The van der Waals surface area contributed by atoms with E-state index in [4.69, 9.17) is 37.0 Å². The third-order valence-corrected chi connectivity index (χ3v) is 19.0. The van der Waals surface area contributed by atoms with Crippen LogP contribution >= 0.6 is 15.6 Å². The van der Waals surface area contributed by atoms with Crippen molar-refractivity contribution in [2.24, 2.45) is 0 Å². The van der Waals surface area contributed by atoms with Crippen molar-refractivity contribution in [1.82, 2.24) is 0 Å². The molecule has 0 amide bonds. The summed E-state index contributed by atoms with van der Waals surface area (Å²) in [5, 5.41) is 10.6. The molecule has 0 saturated carbocycles. The summed E-state index contributed by atoms with van der Waals surface area (Å²) in [7, 11) is -9.90. The lowest BCUT2D eigenvalue weighted by atomic mass is 10.0. The van der Waals surface area contributed by atoms with Gasteiger partial charge < -0.3 is 33.8 Å². The molecule has 0 spiro atoms. The molecular formula is C73H142O17P2. The van der Waals surface area contributed by atoms with E-state index in [1.165, 1.54) is 205 Å². The number of esters is 4. The maximum absolute atomic E-state index is 13.1. The third-order valence-electron chi connectivity index (χ3n) is 17.1. The Morgan fingerprint density at radius 2 is 0.435 bits per heavy atom. The molecule has 0 aliphatic rings. The zero-order valence-electron chi connectivity index (χ0n) is 59.5. The molecule has 3 N–H and O–H groups in total. The molecule has 92 heavy (non-hydrogen) atoms. The van der Waals surface area contributed by atoms with E-state index in [1.54, 1.807) is 0 Å². The monoisotopic (exact) mass is 1350 g/mol. The summed E-state index contributed by atoms with van der Waals surface area (Å²) in [6.45, 7) is 4.94. The Hall–Kier alpha value is -1.94. The van der Waals surface area contributed by atoms with Gasteiger partial charge in [0, 0.05) is 25.7 Å². The Bertz CT molecular complexity index is 1760. The van der Waals surface area contributed by atoms with Gasteiger partial charge in [0.2, 0.25) is 0 Å². The molecule has 0 bridgehead atoms. The SMILES string of the molecule is CCCCCCCCCCCCCCCCCCC(=O)O[C@H](COC(=O)CCCCCCCCCCCCCCCCC)COP(=O)(O)OC[C@@H](O)COP(=O)(O)OC[C@@H](COC(=O)CCCCCCCCC)OC(=O)CCCCCCCCCCCCCCCC. The molecule has 0 aromatic carbocycles. The number of hydrogen-bond acceptors (Lipinski definition) is 15. The van der Waals surface area contributed by atoms with Gasteiger partial charge in [0.15, 0.2) is 12.2 Å². The van der Waals surface area contributed by atoms with Crippen molar-refractivity contribution < 1.29 is 80.2 Å². The minimum atomic E-state index is -4.95. The Balaban J connectivity index is 5.20. The molecule has 0 rings (SSSR count). The highest BCUT2D eigenvalue weighted by atomic mass is 31.2. The zero-order valence-corrected chi connectivity index (χ0v) is 61.3. The van der Waals surface area contributed by atoms with Crippen molar-refractivity contribution in [3.63, 3.8) is 0 Å². The highest BCUT2D eigenvalue weighted by molar-refractivity contribution is 7.47. The van der Waals surface area contributed by atoms with Crippen molar-refractivity contribution in [2.45, 2.75) is 406 Å². The minimum Gasteiger partial charge on any atom is -0.462 e. The fourth-order valence-electron chi connectivity index (χ4n) is 11.2. The molecule has 0 fully saturated rings. The number of rotatable bonds is 74. The van der Waals surface area contributed by atoms with Crippen molar-refractivity contribution >= 4 is 39.5 Å². The third kappa shape index (κ3) is 66.7. The lowest BCUT2D eigenvalue weighted by Gasteiger charge is -2.21. The molecule has 0 radical (unpaired) electrons. The fraction of sp³-hybridized carbons (Fsp3) is 0.945. The van der Waals surface area contributed by atoms with Gasteiger partial charge in [0.05, 0.1) is 26.4 Å². The standard InChI is InChI=1S/C73H142O17P2/c1-5-9-13-17-21-24-27-30-33-35-38-41-44-48-52-56-60-73(78)90-69(64-84-71(76)58-54-50-46-42-39-37-34-31-28-25-22-18-14-10-6-2)66-88-92(81,82)86-62-67(74)61-85-91(79,80)87-65-68(63-83-70(75)57-53-49-45-20-16-12-8-4)89-72(77)59-55-51-47-43-40-36-32-29-26-23-19-15-11-7-3/h67-69,74H,5-66H2,1-4H3,(H,79,80)(H,81,82)/t67-,68+,69+/m0/s1. The van der Waals surface area contributed by atoms with Gasteiger partial charge in [-0.25, -0.2) is 9.13 Å². The topological polar surface area (TPSA) is 237 Å². The van der Waals surface area contributed by atoms with Crippen LogP contribution in [0.4, 0.5) is 0 Å². The average Bonchev–Trinajstić information content (AvgIpc) is 3.72. The van der Waals surface area contributed by atoms with Gasteiger partial charge in [-0.15, -0.1) is 0 Å². The first-order valence-corrected chi connectivity index (χ1v) is 41.3. The van der Waals surface area contributed by atoms with Crippen LogP contribution in [0.25, 0.3) is 0 Å². The van der Waals surface area contributed by atoms with E-state index in [2.05, 4.69) is 27.7 Å². The number of hydrogen-bond donors (Lipinski definition) is 3. The summed E-state index contributed by atoms with van der Waals surface area (Å²) in [5.41, 5.74) is 0. The quantitative estimate of drug-likeness (QED) is 0.0222. The molecule has 17 nitrogen and oxygen atoms in total. The Morgan fingerprint density at radius 1 is 0.261 bits per heavy atom. The second-order valence-corrected chi connectivity index (χ2v) is 29.2. The number of ether oxygens (including phenoxy) is 4. The molecule has 0 aliphatic heterocycles. The van der Waals surface area contributed by atoms with E-state index in [-0.39, 0.29) is 25.7 Å². The number of aliphatic hydroxyl groups is 1. The van der Waals surface area contributed by atoms with Gasteiger partial charge in [-0.05, 0) is 25.7 Å². The molecular weight excluding hydrogens is 1210 g/mol. The maximum atomic E-state index is 13.1. The van der Waals surface area contributed by atoms with Crippen LogP contribution < -0.4 is 0 Å². The summed E-state index contributed by atoms with van der Waals surface area (Å²) in [6, 6.07) is 0. The van der Waals surface area contributed by atoms with Crippen LogP contribution in [0, 0.1) is 0 Å². The van der Waals surface area contributed by atoms with Crippen LogP contribution in [0.2, 0.25) is 0 Å². The van der Waals surface area contributed by atoms with E-state index < -0.39 is 97.5 Å². The van der Waals surface area contributed by atoms with Crippen molar-refractivity contribution in [3.05, 3.63) is 0 Å². The number of carbonyl (C=O) groups excluding carboxylic acids is 4. The van der Waals surface area contributed by atoms with Crippen molar-refractivity contribution in [2.75, 3.05) is 39.6 Å². The van der Waals surface area contributed by atoms with E-state index >= 15 is 0 Å². The lowest BCUT2D eigenvalue weighted by Crippen LogP contribution is -2.30. The molecule has 0 saturated heterocycles. The lowest BCUT2D eigenvalue weighted by molar-refractivity contribution is -0.161. The maximum Gasteiger partial charge on any atom is 0.472 e. The van der Waals surface area contributed by atoms with E-state index in [9.17, 15) is 43.2 Å². The Kier molecular flexibility index (Phi) is 66.2. The molecule has 546 valence electrons. The van der Waals surface area contributed by atoms with E-state index in [0.717, 1.165) is 103 Å². The Labute approximate surface area is 562 Å². The first kappa shape index (κ1) is 90.1. The summed E-state index contributed by atoms with van der Waals surface area (Å²) in [4.78, 5) is 72.6. The van der Waals surface area contributed by atoms with Crippen LogP contribution in [0.1, 0.15) is 387 Å². The largest absolute Gasteiger partial charge is 0.472 e. The summed E-state index contributed by atoms with van der Waals surface area (Å²) in [6.07, 6.45) is 56.9. The fourth-order valence-corrected chi connectivity index (χ4v) is 12.8. The van der Waals surface area contributed by atoms with Gasteiger partial charge in [0.1, 0.15) is 19.3 Å². The van der Waals surface area contributed by atoms with E-state index in [1.807, 2.05) is 0 Å². The van der Waals surface area contributed by atoms with Gasteiger partial charge in [-0.1, -0.05) is 336 Å².